The van der Waals surface area contributed by atoms with E-state index in [4.69, 9.17) is 0 Å². The molecule has 0 unspecified atom stereocenters. The molecule has 78 valence electrons. The summed E-state index contributed by atoms with van der Waals surface area (Å²) < 4.78 is 25.9. The molecule has 4 heteroatoms. The zero-order valence-corrected chi connectivity index (χ0v) is 9.43. The molecule has 0 amide bonds. The van der Waals surface area contributed by atoms with Gasteiger partial charge in [-0.1, -0.05) is 12.1 Å². The Morgan fingerprint density at radius 2 is 1.93 bits per heavy atom. The third-order valence-electron chi connectivity index (χ3n) is 1.69. The fourth-order valence-electron chi connectivity index (χ4n) is 1.16. The lowest BCUT2D eigenvalue weighted by Gasteiger charge is -2.09. The minimum Gasteiger partial charge on any atom is -0.209 e. The highest BCUT2D eigenvalue weighted by molar-refractivity contribution is 7.89. The largest absolute Gasteiger partial charge is 0.240 e. The summed E-state index contributed by atoms with van der Waals surface area (Å²) in [5.74, 6) is 0. The van der Waals surface area contributed by atoms with Gasteiger partial charge in [0, 0.05) is 6.04 Å². The highest BCUT2D eigenvalue weighted by Gasteiger charge is 2.14. The van der Waals surface area contributed by atoms with E-state index in [1.54, 1.807) is 32.0 Å². The second-order valence-corrected chi connectivity index (χ2v) is 5.31. The Morgan fingerprint density at radius 3 is 2.43 bits per heavy atom. The first-order valence-electron chi connectivity index (χ1n) is 4.51. The van der Waals surface area contributed by atoms with Crippen LogP contribution in [0.4, 0.5) is 0 Å². The normalized spacial score (nSPS) is 12.0. The summed E-state index contributed by atoms with van der Waals surface area (Å²) in [4.78, 5) is 0.325. The molecule has 0 spiro atoms. The van der Waals surface area contributed by atoms with Crippen molar-refractivity contribution in [3.63, 3.8) is 0 Å². The summed E-state index contributed by atoms with van der Waals surface area (Å²) in [6.07, 6.45) is 0. The van der Waals surface area contributed by atoms with Gasteiger partial charge < -0.3 is 0 Å². The molecule has 1 aromatic rings. The van der Waals surface area contributed by atoms with Crippen LogP contribution in [0.2, 0.25) is 0 Å². The molecule has 1 aromatic carbocycles. The number of hydrogen-bond acceptors (Lipinski definition) is 2. The molecule has 0 atom stereocenters. The average molecular weight is 213 g/mol. The van der Waals surface area contributed by atoms with Gasteiger partial charge in [-0.25, -0.2) is 13.1 Å². The van der Waals surface area contributed by atoms with Crippen LogP contribution in [-0.2, 0) is 10.0 Å². The monoisotopic (exact) mass is 213 g/mol. The molecular weight excluding hydrogens is 198 g/mol. The highest BCUT2D eigenvalue weighted by Crippen LogP contribution is 2.10. The Morgan fingerprint density at radius 1 is 1.29 bits per heavy atom. The summed E-state index contributed by atoms with van der Waals surface area (Å²) in [5, 5.41) is 0. The number of sulfonamides is 1. The Kier molecular flexibility index (Phi) is 3.29. The Bertz CT molecular complexity index is 410. The predicted molar refractivity (Wildman–Crippen MR) is 56.6 cm³/mol. The van der Waals surface area contributed by atoms with Crippen molar-refractivity contribution >= 4 is 10.0 Å². The van der Waals surface area contributed by atoms with Crippen LogP contribution in [-0.4, -0.2) is 14.5 Å². The molecule has 0 heterocycles. The standard InChI is InChI=1S/C10H15NO2S/c1-8(2)11-14(12,13)10-6-4-5-9(3)7-10/h4-8,11H,1-3H3. The van der Waals surface area contributed by atoms with Crippen LogP contribution in [0.15, 0.2) is 29.2 Å². The van der Waals surface area contributed by atoms with Gasteiger partial charge in [-0.3, -0.25) is 0 Å². The van der Waals surface area contributed by atoms with Crippen LogP contribution in [0.1, 0.15) is 19.4 Å². The van der Waals surface area contributed by atoms with E-state index < -0.39 is 10.0 Å². The van der Waals surface area contributed by atoms with Crippen LogP contribution in [0, 0.1) is 6.92 Å². The van der Waals surface area contributed by atoms with Crippen molar-refractivity contribution in [1.82, 2.24) is 4.72 Å². The van der Waals surface area contributed by atoms with Crippen molar-refractivity contribution in [2.75, 3.05) is 0 Å². The van der Waals surface area contributed by atoms with Gasteiger partial charge in [0.1, 0.15) is 0 Å². The number of aryl methyl sites for hydroxylation is 1. The van der Waals surface area contributed by atoms with E-state index in [0.717, 1.165) is 5.56 Å². The first-order chi connectivity index (χ1) is 6.42. The van der Waals surface area contributed by atoms with Crippen LogP contribution >= 0.6 is 0 Å². The number of benzene rings is 1. The molecule has 0 aliphatic heterocycles. The fourth-order valence-corrected chi connectivity index (χ4v) is 2.52. The third kappa shape index (κ3) is 2.82. The maximum absolute atomic E-state index is 11.7. The third-order valence-corrected chi connectivity index (χ3v) is 3.35. The van der Waals surface area contributed by atoms with Gasteiger partial charge in [-0.2, -0.15) is 0 Å². The van der Waals surface area contributed by atoms with Gasteiger partial charge in [0.15, 0.2) is 0 Å². The predicted octanol–water partition coefficient (Wildman–Crippen LogP) is 1.68. The topological polar surface area (TPSA) is 46.2 Å². The summed E-state index contributed by atoms with van der Waals surface area (Å²) in [7, 11) is -3.33. The molecule has 1 rings (SSSR count). The van der Waals surface area contributed by atoms with Crippen LogP contribution < -0.4 is 4.72 Å². The molecule has 0 saturated heterocycles. The minimum atomic E-state index is -3.33. The van der Waals surface area contributed by atoms with Crippen molar-refractivity contribution in [3.8, 4) is 0 Å². The van der Waals surface area contributed by atoms with Crippen molar-refractivity contribution in [2.45, 2.75) is 31.7 Å². The first kappa shape index (κ1) is 11.2. The second-order valence-electron chi connectivity index (χ2n) is 3.59. The number of nitrogens with one attached hydrogen (secondary N) is 1. The molecule has 0 aromatic heterocycles. The first-order valence-corrected chi connectivity index (χ1v) is 5.99. The maximum atomic E-state index is 11.7. The highest BCUT2D eigenvalue weighted by atomic mass is 32.2. The fraction of sp³-hybridized carbons (Fsp3) is 0.400. The molecule has 1 N–H and O–H groups in total. The number of rotatable bonds is 3. The Labute approximate surface area is 85.2 Å². The van der Waals surface area contributed by atoms with E-state index in [-0.39, 0.29) is 6.04 Å². The summed E-state index contributed by atoms with van der Waals surface area (Å²) in [6, 6.07) is 6.78. The van der Waals surface area contributed by atoms with Gasteiger partial charge in [0.05, 0.1) is 4.90 Å². The number of hydrogen-bond donors (Lipinski definition) is 1. The lowest BCUT2D eigenvalue weighted by molar-refractivity contribution is 0.570. The molecule has 0 fully saturated rings. The van der Waals surface area contributed by atoms with Gasteiger partial charge in [0.2, 0.25) is 10.0 Å². The Balaban J connectivity index is 3.05. The van der Waals surface area contributed by atoms with Gasteiger partial charge in [-0.05, 0) is 38.5 Å². The molecule has 0 saturated carbocycles. The quantitative estimate of drug-likeness (QED) is 0.830. The van der Waals surface area contributed by atoms with Crippen LogP contribution in [0.5, 0.6) is 0 Å². The zero-order chi connectivity index (χ0) is 10.8. The SMILES string of the molecule is Cc1cccc(S(=O)(=O)NC(C)C)c1. The van der Waals surface area contributed by atoms with E-state index >= 15 is 0 Å². The molecule has 0 aliphatic carbocycles. The molecule has 0 radical (unpaired) electrons. The van der Waals surface area contributed by atoms with Gasteiger partial charge >= 0.3 is 0 Å². The van der Waals surface area contributed by atoms with Crippen molar-refractivity contribution in [3.05, 3.63) is 29.8 Å². The van der Waals surface area contributed by atoms with E-state index in [1.807, 2.05) is 13.0 Å². The van der Waals surface area contributed by atoms with Gasteiger partial charge in [-0.15, -0.1) is 0 Å². The molecular formula is C10H15NO2S. The lowest BCUT2D eigenvalue weighted by Crippen LogP contribution is -2.30. The summed E-state index contributed by atoms with van der Waals surface area (Å²) >= 11 is 0. The molecule has 3 nitrogen and oxygen atoms in total. The second kappa shape index (κ2) is 4.11. The Hall–Kier alpha value is -0.870. The molecule has 14 heavy (non-hydrogen) atoms. The maximum Gasteiger partial charge on any atom is 0.240 e. The lowest BCUT2D eigenvalue weighted by atomic mass is 10.2. The summed E-state index contributed by atoms with van der Waals surface area (Å²) in [6.45, 7) is 5.47. The van der Waals surface area contributed by atoms with Crippen LogP contribution in [0.25, 0.3) is 0 Å². The van der Waals surface area contributed by atoms with Crippen LogP contribution in [0.3, 0.4) is 0 Å². The summed E-state index contributed by atoms with van der Waals surface area (Å²) in [5.41, 5.74) is 0.941. The van der Waals surface area contributed by atoms with Crippen molar-refractivity contribution in [2.24, 2.45) is 0 Å². The van der Waals surface area contributed by atoms with E-state index in [0.29, 0.717) is 4.90 Å². The minimum absolute atomic E-state index is 0.0829. The zero-order valence-electron chi connectivity index (χ0n) is 8.61. The smallest absolute Gasteiger partial charge is 0.209 e. The van der Waals surface area contributed by atoms with E-state index in [9.17, 15) is 8.42 Å². The van der Waals surface area contributed by atoms with Crippen molar-refractivity contribution < 1.29 is 8.42 Å². The molecule has 0 aliphatic rings. The molecule has 0 bridgehead atoms. The average Bonchev–Trinajstić information content (AvgIpc) is 2.01. The van der Waals surface area contributed by atoms with Crippen molar-refractivity contribution in [1.29, 1.82) is 0 Å². The van der Waals surface area contributed by atoms with E-state index in [1.165, 1.54) is 0 Å². The van der Waals surface area contributed by atoms with E-state index in [2.05, 4.69) is 4.72 Å². The van der Waals surface area contributed by atoms with Gasteiger partial charge in [0.25, 0.3) is 0 Å².